The molecule has 1 heterocycles. The van der Waals surface area contributed by atoms with Crippen LogP contribution in [0.3, 0.4) is 0 Å². The molecule has 0 spiro atoms. The number of rotatable bonds is 10. The van der Waals surface area contributed by atoms with Crippen molar-refractivity contribution in [2.45, 2.75) is 52.5 Å². The lowest BCUT2D eigenvalue weighted by atomic mass is 9.91. The number of benzene rings is 3. The van der Waals surface area contributed by atoms with Crippen LogP contribution < -0.4 is 15.0 Å². The molecule has 0 fully saturated rings. The third-order valence-corrected chi connectivity index (χ3v) is 6.94. The van der Waals surface area contributed by atoms with Crippen molar-refractivity contribution in [3.8, 4) is 16.9 Å². The fourth-order valence-electron chi connectivity index (χ4n) is 4.82. The first-order chi connectivity index (χ1) is 18.3. The molecule has 2 amide bonds. The molecule has 3 aromatic rings. The highest BCUT2D eigenvalue weighted by molar-refractivity contribution is 5.96. The summed E-state index contributed by atoms with van der Waals surface area (Å²) in [5.74, 6) is -0.703. The molecule has 0 saturated carbocycles. The number of fused-ring (bicyclic) bond motifs is 1. The molecule has 2 N–H and O–H groups in total. The molecule has 0 radical (unpaired) electrons. The topological polar surface area (TPSA) is 95.9 Å². The number of carbonyl (C=O) groups is 3. The van der Waals surface area contributed by atoms with Crippen LogP contribution in [0.2, 0.25) is 0 Å². The van der Waals surface area contributed by atoms with Gasteiger partial charge in [-0.1, -0.05) is 42.5 Å². The molecule has 0 saturated heterocycles. The lowest BCUT2D eigenvalue weighted by Crippen LogP contribution is -2.35. The number of nitrogens with one attached hydrogen (secondary N) is 1. The Kier molecular flexibility index (Phi) is 8.79. The molecule has 0 unspecified atom stereocenters. The van der Waals surface area contributed by atoms with Crippen molar-refractivity contribution in [1.82, 2.24) is 5.32 Å². The van der Waals surface area contributed by atoms with Crippen molar-refractivity contribution in [3.63, 3.8) is 0 Å². The second-order valence-electron chi connectivity index (χ2n) is 9.65. The van der Waals surface area contributed by atoms with E-state index in [-0.39, 0.29) is 12.5 Å². The first-order valence-electron chi connectivity index (χ1n) is 13.0. The van der Waals surface area contributed by atoms with Crippen LogP contribution in [0.1, 0.15) is 47.9 Å². The first kappa shape index (κ1) is 26.9. The van der Waals surface area contributed by atoms with E-state index in [0.29, 0.717) is 26.0 Å². The Labute approximate surface area is 223 Å². The van der Waals surface area contributed by atoms with E-state index in [2.05, 4.69) is 24.4 Å². The summed E-state index contributed by atoms with van der Waals surface area (Å²) in [4.78, 5) is 37.6. The molecular weight excluding hydrogens is 480 g/mol. The van der Waals surface area contributed by atoms with Crippen LogP contribution in [-0.2, 0) is 27.3 Å². The molecule has 0 atom stereocenters. The number of amides is 2. The molecule has 198 valence electrons. The van der Waals surface area contributed by atoms with Gasteiger partial charge in [-0.25, -0.2) is 0 Å². The number of hydrogen-bond donors (Lipinski definition) is 2. The zero-order valence-electron chi connectivity index (χ0n) is 22.0. The normalized spacial score (nSPS) is 12.5. The Balaban J connectivity index is 1.42. The molecule has 38 heavy (non-hydrogen) atoms. The van der Waals surface area contributed by atoms with Crippen LogP contribution in [0.25, 0.3) is 11.1 Å². The van der Waals surface area contributed by atoms with Crippen molar-refractivity contribution in [2.24, 2.45) is 0 Å². The zero-order chi connectivity index (χ0) is 27.1. The maximum Gasteiger partial charge on any atom is 0.312 e. The Morgan fingerprint density at radius 2 is 1.82 bits per heavy atom. The first-order valence-corrected chi connectivity index (χ1v) is 13.0. The highest BCUT2D eigenvalue weighted by Gasteiger charge is 2.24. The summed E-state index contributed by atoms with van der Waals surface area (Å²) in [6, 6.07) is 19.9. The van der Waals surface area contributed by atoms with Gasteiger partial charge in [0.1, 0.15) is 12.2 Å². The molecule has 1 aliphatic rings. The molecule has 7 heteroatoms. The predicted molar refractivity (Wildman–Crippen MR) is 147 cm³/mol. The van der Waals surface area contributed by atoms with E-state index in [1.165, 1.54) is 5.56 Å². The number of nitrogens with zero attached hydrogens (tertiary/aromatic N) is 1. The van der Waals surface area contributed by atoms with Crippen molar-refractivity contribution in [3.05, 3.63) is 82.9 Å². The molecule has 4 rings (SSSR count). The van der Waals surface area contributed by atoms with Gasteiger partial charge in [0.15, 0.2) is 0 Å². The van der Waals surface area contributed by atoms with Gasteiger partial charge in [-0.2, -0.15) is 0 Å². The molecule has 7 nitrogen and oxygen atoms in total. The van der Waals surface area contributed by atoms with Crippen LogP contribution >= 0.6 is 0 Å². The van der Waals surface area contributed by atoms with Gasteiger partial charge < -0.3 is 20.1 Å². The largest absolute Gasteiger partial charge is 0.493 e. The van der Waals surface area contributed by atoms with Gasteiger partial charge in [-0.05, 0) is 84.7 Å². The van der Waals surface area contributed by atoms with Crippen molar-refractivity contribution in [1.29, 1.82) is 0 Å². The van der Waals surface area contributed by atoms with Gasteiger partial charge in [0.25, 0.3) is 0 Å². The minimum absolute atomic E-state index is 0.0996. The minimum atomic E-state index is -1.15. The van der Waals surface area contributed by atoms with Gasteiger partial charge in [0.2, 0.25) is 11.8 Å². The third kappa shape index (κ3) is 6.59. The number of aliphatic carboxylic acids is 1. The number of hydrogen-bond acceptors (Lipinski definition) is 4. The quantitative estimate of drug-likeness (QED) is 0.286. The second-order valence-corrected chi connectivity index (χ2v) is 9.65. The summed E-state index contributed by atoms with van der Waals surface area (Å²) < 4.78 is 5.94. The summed E-state index contributed by atoms with van der Waals surface area (Å²) in [5, 5.41) is 11.4. The number of ether oxygens (including phenoxy) is 1. The molecule has 0 aliphatic carbocycles. The third-order valence-electron chi connectivity index (χ3n) is 6.94. The van der Waals surface area contributed by atoms with Gasteiger partial charge in [-0.15, -0.1) is 0 Å². The molecule has 0 aromatic heterocycles. The van der Waals surface area contributed by atoms with E-state index in [9.17, 15) is 14.4 Å². The Morgan fingerprint density at radius 3 is 2.63 bits per heavy atom. The van der Waals surface area contributed by atoms with Crippen molar-refractivity contribution < 1.29 is 24.2 Å². The average Bonchev–Trinajstić information content (AvgIpc) is 2.91. The van der Waals surface area contributed by atoms with E-state index in [1.54, 1.807) is 0 Å². The SMILES string of the molecule is Cc1cccc(OCCCC(=O)N2CCCc3c(-c4cccc(CNC(=O)CC(=O)O)c4)cccc32)c1C. The number of aryl methyl sites for hydroxylation is 1. The zero-order valence-corrected chi connectivity index (χ0v) is 22.0. The van der Waals surface area contributed by atoms with Crippen LogP contribution in [0.4, 0.5) is 5.69 Å². The van der Waals surface area contributed by atoms with Crippen LogP contribution in [0, 0.1) is 13.8 Å². The second kappa shape index (κ2) is 12.4. The summed E-state index contributed by atoms with van der Waals surface area (Å²) >= 11 is 0. The molecular formula is C31H34N2O5. The van der Waals surface area contributed by atoms with E-state index in [4.69, 9.17) is 9.84 Å². The monoisotopic (exact) mass is 514 g/mol. The van der Waals surface area contributed by atoms with E-state index >= 15 is 0 Å². The van der Waals surface area contributed by atoms with E-state index < -0.39 is 18.3 Å². The average molecular weight is 515 g/mol. The van der Waals surface area contributed by atoms with Gasteiger partial charge in [0.05, 0.1) is 6.61 Å². The lowest BCUT2D eigenvalue weighted by Gasteiger charge is -2.31. The Hall–Kier alpha value is -4.13. The van der Waals surface area contributed by atoms with Crippen LogP contribution in [0.5, 0.6) is 5.75 Å². The number of carboxylic acid groups (broad SMARTS) is 1. The summed E-state index contributed by atoms with van der Waals surface area (Å²) in [6.07, 6.45) is 2.28. The number of anilines is 1. The minimum Gasteiger partial charge on any atom is -0.493 e. The van der Waals surface area contributed by atoms with Crippen LogP contribution in [0.15, 0.2) is 60.7 Å². The van der Waals surface area contributed by atoms with E-state index in [0.717, 1.165) is 52.1 Å². The molecule has 1 aliphatic heterocycles. The van der Waals surface area contributed by atoms with E-state index in [1.807, 2.05) is 60.4 Å². The summed E-state index contributed by atoms with van der Waals surface area (Å²) in [6.45, 7) is 5.55. The van der Waals surface area contributed by atoms with Gasteiger partial charge in [-0.3, -0.25) is 14.4 Å². The Morgan fingerprint density at radius 1 is 1.03 bits per heavy atom. The fourth-order valence-corrected chi connectivity index (χ4v) is 4.82. The highest BCUT2D eigenvalue weighted by Crippen LogP contribution is 2.36. The lowest BCUT2D eigenvalue weighted by molar-refractivity contribution is -0.140. The number of carbonyl (C=O) groups excluding carboxylic acids is 2. The summed E-state index contributed by atoms with van der Waals surface area (Å²) in [7, 11) is 0. The fraction of sp³-hybridized carbons (Fsp3) is 0.323. The number of carboxylic acids is 1. The van der Waals surface area contributed by atoms with Crippen molar-refractivity contribution >= 4 is 23.5 Å². The maximum atomic E-state index is 13.2. The maximum absolute atomic E-state index is 13.2. The predicted octanol–water partition coefficient (Wildman–Crippen LogP) is 5.20. The van der Waals surface area contributed by atoms with Crippen LogP contribution in [-0.4, -0.2) is 36.0 Å². The standard InChI is InChI=1S/C31H34N2O5/c1-21-8-3-14-28(22(21)2)38-17-7-15-30(35)33-16-6-12-26-25(11-5-13-27(26)33)24-10-4-9-23(18-24)20-32-29(34)19-31(36)37/h3-5,8-11,13-14,18H,6-7,12,15-17,19-20H2,1-2H3,(H,32,34)(H,36,37). The van der Waals surface area contributed by atoms with Gasteiger partial charge >= 0.3 is 5.97 Å². The molecule has 0 bridgehead atoms. The summed E-state index contributed by atoms with van der Waals surface area (Å²) in [5.41, 5.74) is 7.36. The van der Waals surface area contributed by atoms with Crippen molar-refractivity contribution in [2.75, 3.05) is 18.1 Å². The Bertz CT molecular complexity index is 1330. The van der Waals surface area contributed by atoms with Gasteiger partial charge in [0, 0.05) is 25.2 Å². The molecule has 3 aromatic carbocycles. The smallest absolute Gasteiger partial charge is 0.312 e. The highest BCUT2D eigenvalue weighted by atomic mass is 16.5.